The van der Waals surface area contributed by atoms with Crippen LogP contribution in [0.15, 0.2) is 18.3 Å². The zero-order valence-electron chi connectivity index (χ0n) is 20.3. The van der Waals surface area contributed by atoms with Gasteiger partial charge in [-0.15, -0.1) is 0 Å². The molecule has 0 bridgehead atoms. The summed E-state index contributed by atoms with van der Waals surface area (Å²) in [5.74, 6) is 0.551. The summed E-state index contributed by atoms with van der Waals surface area (Å²) in [4.78, 5) is 48.1. The number of pyridine rings is 2. The molecular weight excluding hydrogens is 450 g/mol. The summed E-state index contributed by atoms with van der Waals surface area (Å²) in [6.07, 6.45) is 3.44. The van der Waals surface area contributed by atoms with Crippen molar-refractivity contribution in [3.63, 3.8) is 0 Å². The third-order valence-corrected chi connectivity index (χ3v) is 5.65. The molecular formula is C24H29N7O4. The van der Waals surface area contributed by atoms with Gasteiger partial charge < -0.3 is 15.0 Å². The second-order valence-corrected chi connectivity index (χ2v) is 8.42. The number of hydrogen-bond donors (Lipinski definition) is 2. The first-order valence-electron chi connectivity index (χ1n) is 11.2. The molecule has 0 aromatic carbocycles. The summed E-state index contributed by atoms with van der Waals surface area (Å²) in [6, 6.07) is 5.01. The molecule has 11 nitrogen and oxygen atoms in total. The van der Waals surface area contributed by atoms with Crippen molar-refractivity contribution in [2.24, 2.45) is 0 Å². The zero-order chi connectivity index (χ0) is 25.5. The van der Waals surface area contributed by atoms with Crippen LogP contribution in [0.4, 0.5) is 22.1 Å². The second kappa shape index (κ2) is 11.4. The first-order chi connectivity index (χ1) is 16.8. The minimum absolute atomic E-state index is 0.0609. The summed E-state index contributed by atoms with van der Waals surface area (Å²) >= 11 is 0. The molecule has 3 amide bonds. The number of fused-ring (bicyclic) bond motifs is 1. The first-order valence-corrected chi connectivity index (χ1v) is 11.2. The van der Waals surface area contributed by atoms with Crippen LogP contribution in [0.1, 0.15) is 47.4 Å². The average molecular weight is 480 g/mol. The van der Waals surface area contributed by atoms with Gasteiger partial charge in [-0.25, -0.2) is 14.8 Å². The maximum Gasteiger partial charge on any atom is 0.328 e. The number of nitrogens with one attached hydrogen (secondary N) is 2. The summed E-state index contributed by atoms with van der Waals surface area (Å²) in [7, 11) is 3.24. The highest BCUT2D eigenvalue weighted by Gasteiger charge is 2.26. The molecule has 3 heterocycles. The van der Waals surface area contributed by atoms with Gasteiger partial charge in [0.15, 0.2) is 6.29 Å². The minimum Gasteiger partial charge on any atom is -0.383 e. The Bertz CT molecular complexity index is 1160. The molecule has 0 saturated carbocycles. The van der Waals surface area contributed by atoms with Gasteiger partial charge in [-0.1, -0.05) is 0 Å². The number of carbonyl (C=O) groups is 3. The molecule has 1 atom stereocenters. The van der Waals surface area contributed by atoms with Crippen LogP contribution in [0.2, 0.25) is 0 Å². The van der Waals surface area contributed by atoms with Crippen LogP contribution in [0.25, 0.3) is 0 Å². The fourth-order valence-electron chi connectivity index (χ4n) is 3.82. The van der Waals surface area contributed by atoms with Crippen LogP contribution >= 0.6 is 0 Å². The van der Waals surface area contributed by atoms with Crippen molar-refractivity contribution in [3.05, 3.63) is 40.7 Å². The Morgan fingerprint density at radius 2 is 2.17 bits per heavy atom. The second-order valence-electron chi connectivity index (χ2n) is 8.42. The van der Waals surface area contributed by atoms with Crippen molar-refractivity contribution in [2.75, 3.05) is 42.8 Å². The molecule has 0 spiro atoms. The molecule has 184 valence electrons. The van der Waals surface area contributed by atoms with Gasteiger partial charge in [0.25, 0.3) is 0 Å². The number of nitrogens with zero attached hydrogens (tertiary/aromatic N) is 5. The number of methoxy groups -OCH3 is 1. The van der Waals surface area contributed by atoms with Gasteiger partial charge >= 0.3 is 6.03 Å². The fourth-order valence-corrected chi connectivity index (χ4v) is 3.82. The lowest BCUT2D eigenvalue weighted by molar-refractivity contribution is -0.128. The lowest BCUT2D eigenvalue weighted by Gasteiger charge is -2.29. The van der Waals surface area contributed by atoms with Crippen molar-refractivity contribution in [3.8, 4) is 6.07 Å². The van der Waals surface area contributed by atoms with E-state index in [4.69, 9.17) is 4.74 Å². The molecule has 1 aliphatic heterocycles. The molecule has 0 radical (unpaired) electrons. The van der Waals surface area contributed by atoms with Gasteiger partial charge in [0.1, 0.15) is 23.4 Å². The number of aromatic nitrogens is 2. The number of amides is 3. The Balaban J connectivity index is 1.85. The van der Waals surface area contributed by atoms with E-state index in [0.717, 1.165) is 5.56 Å². The van der Waals surface area contributed by atoms with E-state index in [9.17, 15) is 19.6 Å². The van der Waals surface area contributed by atoms with Crippen molar-refractivity contribution in [2.45, 2.75) is 39.3 Å². The van der Waals surface area contributed by atoms with Crippen LogP contribution in [-0.2, 0) is 22.5 Å². The van der Waals surface area contributed by atoms with Gasteiger partial charge in [0.2, 0.25) is 5.91 Å². The number of hydrogen-bond acceptors (Lipinski definition) is 8. The molecule has 2 N–H and O–H groups in total. The molecule has 11 heteroatoms. The molecule has 0 unspecified atom stereocenters. The molecule has 0 aliphatic carbocycles. The molecule has 2 aromatic rings. The smallest absolute Gasteiger partial charge is 0.328 e. The van der Waals surface area contributed by atoms with Crippen molar-refractivity contribution >= 4 is 35.5 Å². The molecule has 3 rings (SSSR count). The summed E-state index contributed by atoms with van der Waals surface area (Å²) in [6.45, 7) is 4.47. The number of nitriles is 1. The highest BCUT2D eigenvalue weighted by atomic mass is 16.5. The van der Waals surface area contributed by atoms with Gasteiger partial charge in [-0.3, -0.25) is 19.8 Å². The third kappa shape index (κ3) is 6.10. The molecule has 1 aliphatic rings. The maximum atomic E-state index is 13.2. The zero-order valence-corrected chi connectivity index (χ0v) is 20.3. The average Bonchev–Trinajstić information content (AvgIpc) is 2.83. The number of carbonyl (C=O) groups excluding carboxylic acids is 3. The van der Waals surface area contributed by atoms with Crippen molar-refractivity contribution in [1.29, 1.82) is 5.26 Å². The number of aldehydes is 1. The molecule has 0 saturated heterocycles. The topological polar surface area (TPSA) is 141 Å². The van der Waals surface area contributed by atoms with Crippen molar-refractivity contribution < 1.29 is 19.1 Å². The number of anilines is 3. The van der Waals surface area contributed by atoms with E-state index in [1.165, 1.54) is 22.9 Å². The van der Waals surface area contributed by atoms with Crippen LogP contribution < -0.4 is 15.5 Å². The Morgan fingerprint density at radius 3 is 2.83 bits per heavy atom. The van der Waals surface area contributed by atoms with Crippen LogP contribution in [0, 0.1) is 11.3 Å². The molecule has 0 fully saturated rings. The van der Waals surface area contributed by atoms with E-state index < -0.39 is 6.03 Å². The Morgan fingerprint density at radius 1 is 1.40 bits per heavy atom. The van der Waals surface area contributed by atoms with Gasteiger partial charge in [0.05, 0.1) is 17.9 Å². The Labute approximate surface area is 204 Å². The Kier molecular flexibility index (Phi) is 8.33. The van der Waals surface area contributed by atoms with E-state index in [1.807, 2.05) is 13.0 Å². The summed E-state index contributed by atoms with van der Waals surface area (Å²) in [5, 5.41) is 15.3. The predicted molar refractivity (Wildman–Crippen MR) is 130 cm³/mol. The van der Waals surface area contributed by atoms with E-state index in [2.05, 4.69) is 26.7 Å². The first kappa shape index (κ1) is 25.6. The lowest BCUT2D eigenvalue weighted by Crippen LogP contribution is -2.40. The van der Waals surface area contributed by atoms with E-state index in [0.29, 0.717) is 54.9 Å². The van der Waals surface area contributed by atoms with Gasteiger partial charge in [-0.2, -0.15) is 5.26 Å². The predicted octanol–water partition coefficient (Wildman–Crippen LogP) is 2.57. The van der Waals surface area contributed by atoms with Crippen LogP contribution in [-0.4, -0.2) is 66.4 Å². The number of aryl methyl sites for hydroxylation is 1. The highest BCUT2D eigenvalue weighted by Crippen LogP contribution is 2.28. The third-order valence-electron chi connectivity index (χ3n) is 5.65. The molecule has 2 aromatic heterocycles. The number of urea groups is 1. The maximum absolute atomic E-state index is 13.2. The van der Waals surface area contributed by atoms with Gasteiger partial charge in [-0.05, 0) is 31.4 Å². The largest absolute Gasteiger partial charge is 0.383 e. The SMILES string of the molecule is COC[C@@H](C)Nc1cc(NC(=O)N2CCCc3cc(CN(C)C(C)=O)c(C=O)nc32)ncc1C#N. The van der Waals surface area contributed by atoms with E-state index in [1.54, 1.807) is 20.2 Å². The van der Waals surface area contributed by atoms with Gasteiger partial charge in [0, 0.05) is 58.0 Å². The summed E-state index contributed by atoms with van der Waals surface area (Å²) < 4.78 is 5.13. The quantitative estimate of drug-likeness (QED) is 0.551. The minimum atomic E-state index is -0.447. The van der Waals surface area contributed by atoms with Crippen LogP contribution in [0.5, 0.6) is 0 Å². The lowest BCUT2D eigenvalue weighted by atomic mass is 10.0. The highest BCUT2D eigenvalue weighted by molar-refractivity contribution is 6.01. The van der Waals surface area contributed by atoms with E-state index >= 15 is 0 Å². The number of rotatable bonds is 8. The fraction of sp³-hybridized carbons (Fsp3) is 0.417. The van der Waals surface area contributed by atoms with Crippen LogP contribution in [0.3, 0.4) is 0 Å². The van der Waals surface area contributed by atoms with E-state index in [-0.39, 0.29) is 30.0 Å². The standard InChI is InChI=1S/C24H29N7O4/c1-15(14-35-4)27-20-9-22(26-11-19(20)10-25)29-24(34)31-7-5-6-17-8-18(12-30(3)16(2)33)21(13-32)28-23(17)31/h8-9,11,13,15H,5-7,12,14H2,1-4H3,(H2,26,27,29,34)/t15-/m1/s1. The number of ether oxygens (including phenoxy) is 1. The summed E-state index contributed by atoms with van der Waals surface area (Å²) in [5.41, 5.74) is 2.52. The normalized spacial score (nSPS) is 13.3. The van der Waals surface area contributed by atoms with Crippen molar-refractivity contribution in [1.82, 2.24) is 14.9 Å². The Hall–Kier alpha value is -4.04. The molecule has 35 heavy (non-hydrogen) atoms. The monoisotopic (exact) mass is 479 g/mol.